The number of methoxy groups -OCH3 is 2. The van der Waals surface area contributed by atoms with Crippen LogP contribution in [0.15, 0.2) is 71.1 Å². The molecule has 6 N–H and O–H groups in total. The van der Waals surface area contributed by atoms with Crippen LogP contribution < -0.4 is 21.7 Å². The highest BCUT2D eigenvalue weighted by Crippen LogP contribution is 2.28. The van der Waals surface area contributed by atoms with E-state index in [-0.39, 0.29) is 47.8 Å². The maximum Gasteiger partial charge on any atom is 0.405 e. The molecule has 2 rings (SSSR count). The zero-order valence-electron chi connectivity index (χ0n) is 26.5. The standard InChI is InChI=1S/C32H44N4O9/c1-8-12-34-32(42)36-26-21-13-17(2)14-25(44-7)27(38)19(4)15-20(5)29(45-31(33)41)24(43-6)11-9-10-18(3)30(40)35-22(28(21)39)16-23(26)37/h8-11,15-17,19,24-25,27,29,38H,1,12-14H2,2-7H3,(H2,33,41)(H,35,40)(H2,34,36,42)/b11-9+,18-10-,20-15+/t17-,19+,24+,25+,27-,29+/m1/s1. The summed E-state index contributed by atoms with van der Waals surface area (Å²) < 4.78 is 16.5. The van der Waals surface area contributed by atoms with Crippen molar-refractivity contribution >= 4 is 29.6 Å². The number of hydrogen-bond donors (Lipinski definition) is 5. The number of primary amides is 1. The molecule has 6 atom stereocenters. The van der Waals surface area contributed by atoms with Gasteiger partial charge in [0.1, 0.15) is 6.10 Å². The lowest BCUT2D eigenvalue weighted by atomic mass is 9.85. The number of carbonyl (C=O) groups excluding carboxylic acids is 5. The second-order valence-electron chi connectivity index (χ2n) is 11.1. The summed E-state index contributed by atoms with van der Waals surface area (Å²) in [5.74, 6) is -2.79. The third-order valence-electron chi connectivity index (χ3n) is 7.44. The molecule has 0 unspecified atom stereocenters. The summed E-state index contributed by atoms with van der Waals surface area (Å²) in [5.41, 5.74) is 5.62. The van der Waals surface area contributed by atoms with Crippen LogP contribution in [-0.4, -0.2) is 79.9 Å². The van der Waals surface area contributed by atoms with E-state index < -0.39 is 59.9 Å². The number of nitrogens with one attached hydrogen (secondary N) is 3. The van der Waals surface area contributed by atoms with Gasteiger partial charge in [0, 0.05) is 43.9 Å². The fourth-order valence-corrected chi connectivity index (χ4v) is 5.04. The molecule has 0 aromatic rings. The van der Waals surface area contributed by atoms with Crippen molar-refractivity contribution in [1.29, 1.82) is 0 Å². The molecular weight excluding hydrogens is 584 g/mol. The van der Waals surface area contributed by atoms with E-state index in [9.17, 15) is 29.1 Å². The van der Waals surface area contributed by atoms with E-state index in [1.807, 2.05) is 6.92 Å². The quantitative estimate of drug-likeness (QED) is 0.216. The molecule has 1 aliphatic heterocycles. The Morgan fingerprint density at radius 3 is 2.47 bits per heavy atom. The van der Waals surface area contributed by atoms with Crippen LogP contribution in [-0.2, 0) is 28.6 Å². The van der Waals surface area contributed by atoms with Gasteiger partial charge < -0.3 is 41.0 Å². The number of carbonyl (C=O) groups is 5. The van der Waals surface area contributed by atoms with Crippen LogP contribution in [0, 0.1) is 11.8 Å². The molecule has 13 heteroatoms. The summed E-state index contributed by atoms with van der Waals surface area (Å²) in [7, 11) is 2.86. The fraction of sp³-hybridized carbons (Fsp3) is 0.469. The average Bonchev–Trinajstić information content (AvgIpc) is 2.98. The molecule has 0 saturated heterocycles. The number of ether oxygens (including phenoxy) is 3. The van der Waals surface area contributed by atoms with E-state index in [0.29, 0.717) is 5.57 Å². The lowest BCUT2D eigenvalue weighted by molar-refractivity contribution is -0.120. The van der Waals surface area contributed by atoms with Crippen molar-refractivity contribution in [2.45, 2.75) is 65.0 Å². The number of aliphatic hydroxyl groups is 1. The van der Waals surface area contributed by atoms with Crippen LogP contribution in [0.3, 0.4) is 0 Å². The highest BCUT2D eigenvalue weighted by atomic mass is 16.6. The molecule has 0 aromatic carbocycles. The van der Waals surface area contributed by atoms with Crippen LogP contribution >= 0.6 is 0 Å². The molecule has 0 fully saturated rings. The topological polar surface area (TPSA) is 195 Å². The van der Waals surface area contributed by atoms with Crippen molar-refractivity contribution in [3.63, 3.8) is 0 Å². The first kappa shape index (κ1) is 36.9. The van der Waals surface area contributed by atoms with E-state index in [1.165, 1.54) is 39.4 Å². The maximum atomic E-state index is 13.7. The minimum atomic E-state index is -1.03. The molecule has 2 bridgehead atoms. The van der Waals surface area contributed by atoms with Crippen LogP contribution in [0.5, 0.6) is 0 Å². The van der Waals surface area contributed by atoms with Gasteiger partial charge in [-0.3, -0.25) is 14.4 Å². The average molecular weight is 629 g/mol. The molecule has 246 valence electrons. The summed E-state index contributed by atoms with van der Waals surface area (Å²) in [6.45, 7) is 10.5. The summed E-state index contributed by atoms with van der Waals surface area (Å²) >= 11 is 0. The maximum absolute atomic E-state index is 13.7. The number of allylic oxidation sites excluding steroid dienone is 4. The summed E-state index contributed by atoms with van der Waals surface area (Å²) in [4.78, 5) is 64.0. The van der Waals surface area contributed by atoms with Gasteiger partial charge in [0.15, 0.2) is 6.10 Å². The number of Topliss-reactive ketones (excluding diaryl/α,β-unsaturated/α-hetero) is 1. The number of urea groups is 1. The Bertz CT molecular complexity index is 1330. The zero-order valence-corrected chi connectivity index (χ0v) is 26.5. The first-order valence-electron chi connectivity index (χ1n) is 14.5. The Morgan fingerprint density at radius 1 is 1.18 bits per heavy atom. The number of nitrogens with two attached hydrogens (primary N) is 1. The van der Waals surface area contributed by atoms with Crippen LogP contribution in [0.4, 0.5) is 9.59 Å². The van der Waals surface area contributed by atoms with Crippen molar-refractivity contribution in [2.75, 3.05) is 20.8 Å². The van der Waals surface area contributed by atoms with Gasteiger partial charge in [-0.2, -0.15) is 0 Å². The number of fused-ring (bicyclic) bond motifs is 2. The van der Waals surface area contributed by atoms with Gasteiger partial charge in [-0.05, 0) is 38.2 Å². The predicted octanol–water partition coefficient (Wildman–Crippen LogP) is 2.25. The third-order valence-corrected chi connectivity index (χ3v) is 7.44. The van der Waals surface area contributed by atoms with Crippen LogP contribution in [0.25, 0.3) is 0 Å². The Labute approximate surface area is 263 Å². The normalized spacial score (nSPS) is 30.1. The van der Waals surface area contributed by atoms with Gasteiger partial charge in [0.25, 0.3) is 5.91 Å². The van der Waals surface area contributed by atoms with E-state index >= 15 is 0 Å². The van der Waals surface area contributed by atoms with Gasteiger partial charge >= 0.3 is 12.1 Å². The lowest BCUT2D eigenvalue weighted by Gasteiger charge is -2.30. The first-order valence-corrected chi connectivity index (χ1v) is 14.5. The van der Waals surface area contributed by atoms with Crippen molar-refractivity contribution in [3.8, 4) is 0 Å². The SMILES string of the molecule is C=CCNC(=O)NC1=C2C[C@@H](C)C[C@H](OC)[C@H](O)[C@@H](C)/C=C(\C)[C@H](OC(N)=O)[C@@H](OC)/C=C/C=C(/C)C(=O)NC(=CC1=O)C2=O. The number of hydrogen-bond acceptors (Lipinski definition) is 9. The van der Waals surface area contributed by atoms with Crippen LogP contribution in [0.1, 0.15) is 40.5 Å². The molecule has 0 radical (unpaired) electrons. The minimum Gasteiger partial charge on any atom is -0.439 e. The molecule has 1 heterocycles. The number of amides is 4. The van der Waals surface area contributed by atoms with Gasteiger partial charge in [-0.15, -0.1) is 6.58 Å². The molecule has 0 aromatic heterocycles. The summed E-state index contributed by atoms with van der Waals surface area (Å²) in [5, 5.41) is 18.7. The van der Waals surface area contributed by atoms with E-state index in [0.717, 1.165) is 6.08 Å². The minimum absolute atomic E-state index is 0.000933. The number of aliphatic hydroxyl groups excluding tert-OH is 1. The Hall–Kier alpha value is -4.33. The fourth-order valence-electron chi connectivity index (χ4n) is 5.04. The largest absolute Gasteiger partial charge is 0.439 e. The predicted molar refractivity (Wildman–Crippen MR) is 166 cm³/mol. The van der Waals surface area contributed by atoms with Crippen LogP contribution in [0.2, 0.25) is 0 Å². The second-order valence-corrected chi connectivity index (χ2v) is 11.1. The highest BCUT2D eigenvalue weighted by Gasteiger charge is 2.34. The smallest absolute Gasteiger partial charge is 0.405 e. The Balaban J connectivity index is 2.63. The molecular formula is C32H44N4O9. The molecule has 1 aliphatic carbocycles. The molecule has 0 spiro atoms. The molecule has 45 heavy (non-hydrogen) atoms. The Kier molecular flexibility index (Phi) is 14.1. The summed E-state index contributed by atoms with van der Waals surface area (Å²) in [6, 6.07) is -0.706. The van der Waals surface area contributed by atoms with E-state index in [2.05, 4.69) is 22.5 Å². The van der Waals surface area contributed by atoms with E-state index in [1.54, 1.807) is 26.0 Å². The molecule has 13 nitrogen and oxygen atoms in total. The van der Waals surface area contributed by atoms with Crippen molar-refractivity contribution in [3.05, 3.63) is 71.1 Å². The zero-order chi connectivity index (χ0) is 33.8. The molecule has 4 amide bonds. The van der Waals surface area contributed by atoms with Crippen molar-refractivity contribution in [2.24, 2.45) is 17.6 Å². The number of rotatable bonds is 6. The lowest BCUT2D eigenvalue weighted by Crippen LogP contribution is -2.41. The second kappa shape index (κ2) is 17.2. The third kappa shape index (κ3) is 10.4. The van der Waals surface area contributed by atoms with Gasteiger partial charge in [-0.1, -0.05) is 44.2 Å². The first-order chi connectivity index (χ1) is 21.2. The molecule has 2 aliphatic rings. The summed E-state index contributed by atoms with van der Waals surface area (Å²) in [6.07, 6.45) is 4.43. The number of ketones is 2. The molecule has 0 saturated carbocycles. The Morgan fingerprint density at radius 2 is 1.87 bits per heavy atom. The van der Waals surface area contributed by atoms with Gasteiger partial charge in [0.05, 0.1) is 23.6 Å². The monoisotopic (exact) mass is 628 g/mol. The van der Waals surface area contributed by atoms with Gasteiger partial charge in [-0.25, -0.2) is 9.59 Å². The van der Waals surface area contributed by atoms with Crippen molar-refractivity contribution < 1.29 is 43.3 Å². The highest BCUT2D eigenvalue weighted by molar-refractivity contribution is 6.24. The van der Waals surface area contributed by atoms with E-state index in [4.69, 9.17) is 19.9 Å². The van der Waals surface area contributed by atoms with Gasteiger partial charge in [0.2, 0.25) is 11.6 Å². The van der Waals surface area contributed by atoms with Crippen molar-refractivity contribution in [1.82, 2.24) is 16.0 Å².